The van der Waals surface area contributed by atoms with Crippen LogP contribution < -0.4 is 0 Å². The topological polar surface area (TPSA) is 49.7 Å². The maximum Gasteiger partial charge on any atom is 0.0695 e. The lowest BCUT2D eigenvalue weighted by Gasteiger charge is -2.17. The number of hydrogen-bond donors (Lipinski definition) is 1. The van der Waals surface area contributed by atoms with E-state index in [9.17, 15) is 0 Å². The molecule has 0 saturated carbocycles. The molecule has 0 aliphatic heterocycles. The van der Waals surface area contributed by atoms with Crippen LogP contribution in [0.3, 0.4) is 0 Å². The zero-order valence-corrected chi connectivity index (χ0v) is 16.6. The van der Waals surface area contributed by atoms with Crippen molar-refractivity contribution in [2.75, 3.05) is 7.05 Å². The molecule has 142 valence electrons. The van der Waals surface area contributed by atoms with Crippen molar-refractivity contribution in [1.82, 2.24) is 24.9 Å². The fraction of sp³-hybridized carbons (Fsp3) is 0.217. The molecular weight excluding hydrogens is 346 g/mol. The van der Waals surface area contributed by atoms with Crippen molar-refractivity contribution in [2.45, 2.75) is 26.9 Å². The molecule has 4 rings (SSSR count). The molecule has 0 bridgehead atoms. The first kappa shape index (κ1) is 18.2. The molecule has 0 aliphatic carbocycles. The Labute approximate surface area is 165 Å². The van der Waals surface area contributed by atoms with Crippen molar-refractivity contribution in [1.29, 1.82) is 0 Å². The molecule has 0 atom stereocenters. The summed E-state index contributed by atoms with van der Waals surface area (Å²) < 4.78 is 1.89. The first-order valence-electron chi connectivity index (χ1n) is 9.47. The molecule has 2 aromatic carbocycles. The van der Waals surface area contributed by atoms with E-state index >= 15 is 0 Å². The monoisotopic (exact) mass is 371 g/mol. The van der Waals surface area contributed by atoms with Crippen LogP contribution in [0.5, 0.6) is 0 Å². The summed E-state index contributed by atoms with van der Waals surface area (Å²) in [7, 11) is 2.14. The zero-order chi connectivity index (χ0) is 19.5. The van der Waals surface area contributed by atoms with Gasteiger partial charge in [-0.1, -0.05) is 24.3 Å². The number of hydrogen-bond acceptors (Lipinski definition) is 3. The van der Waals surface area contributed by atoms with Crippen LogP contribution in [0.15, 0.2) is 67.1 Å². The van der Waals surface area contributed by atoms with Gasteiger partial charge in [0.25, 0.3) is 0 Å². The molecule has 2 heterocycles. The highest BCUT2D eigenvalue weighted by molar-refractivity contribution is 5.64. The second-order valence-corrected chi connectivity index (χ2v) is 7.36. The van der Waals surface area contributed by atoms with Gasteiger partial charge in [-0.2, -0.15) is 10.2 Å². The van der Waals surface area contributed by atoms with E-state index in [2.05, 4.69) is 83.6 Å². The quantitative estimate of drug-likeness (QED) is 0.542. The molecule has 0 radical (unpaired) electrons. The molecule has 28 heavy (non-hydrogen) atoms. The van der Waals surface area contributed by atoms with Gasteiger partial charge in [-0.3, -0.25) is 10.00 Å². The third-order valence-corrected chi connectivity index (χ3v) is 5.09. The molecule has 4 aromatic rings. The van der Waals surface area contributed by atoms with Gasteiger partial charge >= 0.3 is 0 Å². The minimum Gasteiger partial charge on any atom is -0.298 e. The van der Waals surface area contributed by atoms with Crippen LogP contribution in [0.1, 0.15) is 22.3 Å². The van der Waals surface area contributed by atoms with Crippen molar-refractivity contribution in [2.24, 2.45) is 0 Å². The van der Waals surface area contributed by atoms with Crippen LogP contribution in [0.2, 0.25) is 0 Å². The highest BCUT2D eigenvalue weighted by atomic mass is 15.3. The van der Waals surface area contributed by atoms with Gasteiger partial charge in [0, 0.05) is 36.6 Å². The Morgan fingerprint density at radius 2 is 1.89 bits per heavy atom. The van der Waals surface area contributed by atoms with Crippen molar-refractivity contribution in [3.63, 3.8) is 0 Å². The lowest BCUT2D eigenvalue weighted by molar-refractivity contribution is 0.319. The Morgan fingerprint density at radius 1 is 1.00 bits per heavy atom. The number of benzene rings is 2. The van der Waals surface area contributed by atoms with Gasteiger partial charge in [0.1, 0.15) is 0 Å². The second-order valence-electron chi connectivity index (χ2n) is 7.36. The minimum absolute atomic E-state index is 0.824. The summed E-state index contributed by atoms with van der Waals surface area (Å²) >= 11 is 0. The van der Waals surface area contributed by atoms with Crippen molar-refractivity contribution >= 4 is 0 Å². The van der Waals surface area contributed by atoms with Gasteiger partial charge in [-0.15, -0.1) is 0 Å². The highest BCUT2D eigenvalue weighted by Crippen LogP contribution is 2.24. The average molecular weight is 371 g/mol. The first-order chi connectivity index (χ1) is 13.6. The van der Waals surface area contributed by atoms with Gasteiger partial charge in [0.2, 0.25) is 0 Å². The molecule has 5 nitrogen and oxygen atoms in total. The Hall–Kier alpha value is -3.18. The van der Waals surface area contributed by atoms with Gasteiger partial charge in [0.05, 0.1) is 17.6 Å². The maximum atomic E-state index is 4.32. The molecule has 0 spiro atoms. The number of H-pyrrole nitrogens is 1. The fourth-order valence-corrected chi connectivity index (χ4v) is 3.46. The van der Waals surface area contributed by atoms with Gasteiger partial charge in [-0.05, 0) is 61.9 Å². The van der Waals surface area contributed by atoms with Crippen LogP contribution in [0.25, 0.3) is 16.9 Å². The van der Waals surface area contributed by atoms with Crippen LogP contribution in [0, 0.1) is 13.8 Å². The summed E-state index contributed by atoms with van der Waals surface area (Å²) in [6.45, 7) is 5.96. The summed E-state index contributed by atoms with van der Waals surface area (Å²) in [5, 5.41) is 11.8. The summed E-state index contributed by atoms with van der Waals surface area (Å²) in [5.74, 6) is 0. The molecule has 0 aliphatic rings. The van der Waals surface area contributed by atoms with E-state index in [0.717, 1.165) is 24.5 Å². The second kappa shape index (κ2) is 7.82. The smallest absolute Gasteiger partial charge is 0.0695 e. The Bertz CT molecular complexity index is 1060. The van der Waals surface area contributed by atoms with E-state index in [0.29, 0.717) is 0 Å². The molecule has 2 aromatic heterocycles. The molecular formula is C23H25N5. The minimum atomic E-state index is 0.824. The van der Waals surface area contributed by atoms with E-state index in [-0.39, 0.29) is 0 Å². The number of nitrogens with one attached hydrogen (secondary N) is 1. The number of nitrogens with zero attached hydrogens (tertiary/aromatic N) is 4. The number of aryl methyl sites for hydroxylation is 2. The predicted molar refractivity (Wildman–Crippen MR) is 112 cm³/mol. The van der Waals surface area contributed by atoms with E-state index in [4.69, 9.17) is 0 Å². The van der Waals surface area contributed by atoms with Gasteiger partial charge < -0.3 is 0 Å². The van der Waals surface area contributed by atoms with Crippen LogP contribution >= 0.6 is 0 Å². The fourth-order valence-electron chi connectivity index (χ4n) is 3.46. The van der Waals surface area contributed by atoms with Crippen molar-refractivity contribution in [3.8, 4) is 16.9 Å². The van der Waals surface area contributed by atoms with Crippen LogP contribution in [-0.4, -0.2) is 31.9 Å². The lowest BCUT2D eigenvalue weighted by Crippen LogP contribution is -2.17. The number of aromatic amines is 1. The normalized spacial score (nSPS) is 11.3. The first-order valence-corrected chi connectivity index (χ1v) is 9.47. The van der Waals surface area contributed by atoms with Crippen LogP contribution in [-0.2, 0) is 13.1 Å². The number of aromatic nitrogens is 4. The Morgan fingerprint density at radius 3 is 2.68 bits per heavy atom. The highest BCUT2D eigenvalue weighted by Gasteiger charge is 2.11. The average Bonchev–Trinajstić information content (AvgIpc) is 3.36. The van der Waals surface area contributed by atoms with Crippen molar-refractivity contribution in [3.05, 3.63) is 89.4 Å². The molecule has 0 amide bonds. The lowest BCUT2D eigenvalue weighted by atomic mass is 10.0. The van der Waals surface area contributed by atoms with Crippen LogP contribution in [0.4, 0.5) is 0 Å². The summed E-state index contributed by atoms with van der Waals surface area (Å²) in [5.41, 5.74) is 8.42. The van der Waals surface area contributed by atoms with Gasteiger partial charge in [0.15, 0.2) is 0 Å². The molecule has 0 unspecified atom stereocenters. The maximum absolute atomic E-state index is 4.32. The van der Waals surface area contributed by atoms with Gasteiger partial charge in [-0.25, -0.2) is 4.68 Å². The zero-order valence-electron chi connectivity index (χ0n) is 16.6. The Balaban J connectivity index is 1.49. The van der Waals surface area contributed by atoms with Crippen molar-refractivity contribution < 1.29 is 0 Å². The van der Waals surface area contributed by atoms with E-state index in [1.807, 2.05) is 23.1 Å². The SMILES string of the molecule is Cc1ccc(-c2[nH]ncc2CN(C)Cc2cccc(-n3cccn3)c2)cc1C. The van der Waals surface area contributed by atoms with E-state index in [1.54, 1.807) is 6.20 Å². The summed E-state index contributed by atoms with van der Waals surface area (Å²) in [4.78, 5) is 2.30. The van der Waals surface area contributed by atoms with E-state index in [1.165, 1.54) is 27.8 Å². The third-order valence-electron chi connectivity index (χ3n) is 5.09. The molecule has 1 N–H and O–H groups in total. The largest absolute Gasteiger partial charge is 0.298 e. The molecule has 0 saturated heterocycles. The Kier molecular flexibility index (Phi) is 5.08. The third kappa shape index (κ3) is 3.89. The predicted octanol–water partition coefficient (Wildman–Crippen LogP) is 4.51. The van der Waals surface area contributed by atoms with E-state index < -0.39 is 0 Å². The molecule has 0 fully saturated rings. The summed E-state index contributed by atoms with van der Waals surface area (Å²) in [6.07, 6.45) is 5.69. The summed E-state index contributed by atoms with van der Waals surface area (Å²) in [6, 6.07) is 17.0. The molecule has 5 heteroatoms. The number of rotatable bonds is 6. The standard InChI is InChI=1S/C23H25N5/c1-17-8-9-20(12-18(17)2)23-21(14-24-26-23)16-27(3)15-19-6-4-7-22(13-19)28-11-5-10-25-28/h4-14H,15-16H2,1-3H3,(H,24,26).